The van der Waals surface area contributed by atoms with Crippen molar-refractivity contribution in [1.29, 1.82) is 0 Å². The van der Waals surface area contributed by atoms with Crippen LogP contribution in [0.5, 0.6) is 0 Å². The van der Waals surface area contributed by atoms with Gasteiger partial charge in [-0.3, -0.25) is 4.79 Å². The van der Waals surface area contributed by atoms with Crippen LogP contribution in [0.4, 0.5) is 13.2 Å². The van der Waals surface area contributed by atoms with E-state index in [4.69, 9.17) is 5.84 Å². The third-order valence-electron chi connectivity index (χ3n) is 4.26. The molecule has 1 heterocycles. The van der Waals surface area contributed by atoms with Gasteiger partial charge in [0, 0.05) is 0 Å². The highest BCUT2D eigenvalue weighted by Crippen LogP contribution is 2.32. The first-order valence-corrected chi connectivity index (χ1v) is 8.98. The van der Waals surface area contributed by atoms with Crippen LogP contribution in [0.2, 0.25) is 0 Å². The molecule has 0 fully saturated rings. The quantitative estimate of drug-likeness (QED) is 0.624. The van der Waals surface area contributed by atoms with E-state index in [-0.39, 0.29) is 17.1 Å². The summed E-state index contributed by atoms with van der Waals surface area (Å²) in [6, 6.07) is 7.83. The Hall–Kier alpha value is -2.23. The molecule has 1 aromatic carbocycles. The van der Waals surface area contributed by atoms with Gasteiger partial charge in [-0.2, -0.15) is 13.2 Å². The number of rotatable bonds is 4. The number of nitrogens with zero attached hydrogens (tertiary/aromatic N) is 3. The first-order valence-electron chi connectivity index (χ1n) is 8.10. The van der Waals surface area contributed by atoms with Crippen LogP contribution in [-0.4, -0.2) is 26.0 Å². The molecule has 0 saturated carbocycles. The van der Waals surface area contributed by atoms with E-state index < -0.39 is 17.3 Å². The molecule has 1 aromatic heterocycles. The third kappa shape index (κ3) is 3.79. The zero-order chi connectivity index (χ0) is 18.9. The van der Waals surface area contributed by atoms with Crippen molar-refractivity contribution in [2.45, 2.75) is 48.8 Å². The molecule has 1 aliphatic carbocycles. The Kier molecular flexibility index (Phi) is 5.12. The molecule has 3 rings (SSSR count). The molecule has 0 bridgehead atoms. The van der Waals surface area contributed by atoms with Gasteiger partial charge in [-0.15, -0.1) is 10.2 Å². The zero-order valence-corrected chi connectivity index (χ0v) is 14.8. The van der Waals surface area contributed by atoms with Crippen molar-refractivity contribution in [3.8, 4) is 0 Å². The van der Waals surface area contributed by atoms with E-state index in [0.29, 0.717) is 4.68 Å². The maximum Gasteiger partial charge on any atom is 0.453 e. The van der Waals surface area contributed by atoms with Crippen molar-refractivity contribution in [2.24, 2.45) is 0 Å². The molecule has 6 nitrogen and oxygen atoms in total. The molecule has 3 N–H and O–H groups in total. The molecule has 26 heavy (non-hydrogen) atoms. The number of carbonyl (C=O) groups is 1. The molecule has 10 heteroatoms. The Bertz CT molecular complexity index is 807. The minimum atomic E-state index is -4.70. The summed E-state index contributed by atoms with van der Waals surface area (Å²) in [6.45, 7) is 1.59. The maximum absolute atomic E-state index is 12.7. The van der Waals surface area contributed by atoms with Gasteiger partial charge in [0.05, 0.1) is 11.3 Å². The van der Waals surface area contributed by atoms with Crippen molar-refractivity contribution >= 4 is 17.7 Å². The molecule has 0 unspecified atom stereocenters. The van der Waals surface area contributed by atoms with E-state index >= 15 is 0 Å². The first-order chi connectivity index (χ1) is 12.3. The van der Waals surface area contributed by atoms with Gasteiger partial charge in [0.25, 0.3) is 5.82 Å². The lowest BCUT2D eigenvalue weighted by Gasteiger charge is -2.27. The number of hydrogen-bond acceptors (Lipinski definition) is 5. The number of nitrogen functional groups attached to an aromatic ring is 1. The van der Waals surface area contributed by atoms with Gasteiger partial charge in [-0.25, -0.2) is 4.68 Å². The number of thioether (sulfide) groups is 1. The predicted octanol–water partition coefficient (Wildman–Crippen LogP) is 2.69. The highest BCUT2D eigenvalue weighted by Gasteiger charge is 2.38. The molecule has 0 aliphatic heterocycles. The Labute approximate surface area is 152 Å². The van der Waals surface area contributed by atoms with Crippen LogP contribution in [0.3, 0.4) is 0 Å². The monoisotopic (exact) mass is 385 g/mol. The molecule has 140 valence electrons. The summed E-state index contributed by atoms with van der Waals surface area (Å²) >= 11 is 0.837. The average Bonchev–Trinajstić information content (AvgIpc) is 2.96. The molecule has 2 atom stereocenters. The molecule has 1 aliphatic rings. The molecule has 0 spiro atoms. The third-order valence-corrected chi connectivity index (χ3v) is 5.31. The second-order valence-corrected chi connectivity index (χ2v) is 7.39. The number of nitrogens with two attached hydrogens (primary N) is 1. The Balaban J connectivity index is 1.67. The Morgan fingerprint density at radius 2 is 2.12 bits per heavy atom. The van der Waals surface area contributed by atoms with Crippen molar-refractivity contribution in [3.05, 3.63) is 41.2 Å². The second kappa shape index (κ2) is 7.18. The molecule has 0 saturated heterocycles. The fraction of sp³-hybridized carbons (Fsp3) is 0.438. The lowest BCUT2D eigenvalue weighted by Crippen LogP contribution is -2.36. The summed E-state index contributed by atoms with van der Waals surface area (Å²) < 4.78 is 38.5. The fourth-order valence-corrected chi connectivity index (χ4v) is 3.73. The minimum absolute atomic E-state index is 0.100. The molecule has 0 radical (unpaired) electrons. The van der Waals surface area contributed by atoms with Gasteiger partial charge < -0.3 is 11.2 Å². The number of fused-ring (bicyclic) bond motifs is 1. The number of aromatic nitrogens is 3. The summed E-state index contributed by atoms with van der Waals surface area (Å²) in [5.74, 6) is 3.82. The van der Waals surface area contributed by atoms with Crippen LogP contribution in [0.1, 0.15) is 42.8 Å². The number of amides is 1. The normalized spacial score (nSPS) is 18.2. The number of hydrogen-bond donors (Lipinski definition) is 2. The van der Waals surface area contributed by atoms with Crippen molar-refractivity contribution < 1.29 is 18.0 Å². The fourth-order valence-electron chi connectivity index (χ4n) is 2.96. The van der Waals surface area contributed by atoms with E-state index in [1.165, 1.54) is 5.56 Å². The van der Waals surface area contributed by atoms with Crippen molar-refractivity contribution in [2.75, 3.05) is 5.84 Å². The summed E-state index contributed by atoms with van der Waals surface area (Å²) in [4.78, 5) is 12.5. The van der Waals surface area contributed by atoms with Crippen LogP contribution in [0, 0.1) is 0 Å². The van der Waals surface area contributed by atoms with Crippen LogP contribution >= 0.6 is 11.8 Å². The topological polar surface area (TPSA) is 85.8 Å². The largest absolute Gasteiger partial charge is 0.453 e. The van der Waals surface area contributed by atoms with Crippen LogP contribution < -0.4 is 11.2 Å². The van der Waals surface area contributed by atoms with Gasteiger partial charge in [-0.05, 0) is 37.3 Å². The van der Waals surface area contributed by atoms with E-state index in [1.54, 1.807) is 6.92 Å². The number of alkyl halides is 3. The smallest absolute Gasteiger partial charge is 0.348 e. The SMILES string of the molecule is C[C@H](Sc1nnc(C(F)(F)F)n1N)C(=O)N[C@@H]1CCCc2ccccc21. The van der Waals surface area contributed by atoms with Gasteiger partial charge in [0.1, 0.15) is 0 Å². The summed E-state index contributed by atoms with van der Waals surface area (Å²) in [6.07, 6.45) is -1.93. The maximum atomic E-state index is 12.7. The van der Waals surface area contributed by atoms with Crippen molar-refractivity contribution in [3.63, 3.8) is 0 Å². The van der Waals surface area contributed by atoms with Crippen LogP contribution in [-0.2, 0) is 17.4 Å². The highest BCUT2D eigenvalue weighted by atomic mass is 32.2. The van der Waals surface area contributed by atoms with E-state index in [0.717, 1.165) is 36.6 Å². The minimum Gasteiger partial charge on any atom is -0.348 e. The van der Waals surface area contributed by atoms with E-state index in [2.05, 4.69) is 15.5 Å². The number of carbonyl (C=O) groups excluding carboxylic acids is 1. The second-order valence-electron chi connectivity index (χ2n) is 6.09. The van der Waals surface area contributed by atoms with Gasteiger partial charge in [0.15, 0.2) is 0 Å². The van der Waals surface area contributed by atoms with E-state index in [1.807, 2.05) is 24.3 Å². The number of aryl methyl sites for hydroxylation is 1. The van der Waals surface area contributed by atoms with Gasteiger partial charge >= 0.3 is 6.18 Å². The Morgan fingerprint density at radius 1 is 1.38 bits per heavy atom. The van der Waals surface area contributed by atoms with Gasteiger partial charge in [0.2, 0.25) is 11.1 Å². The van der Waals surface area contributed by atoms with Gasteiger partial charge in [-0.1, -0.05) is 36.0 Å². The van der Waals surface area contributed by atoms with Crippen LogP contribution in [0.25, 0.3) is 0 Å². The highest BCUT2D eigenvalue weighted by molar-refractivity contribution is 8.00. The molecule has 1 amide bonds. The number of halogens is 3. The lowest BCUT2D eigenvalue weighted by atomic mass is 9.88. The summed E-state index contributed by atoms with van der Waals surface area (Å²) in [5.41, 5.74) is 2.30. The number of benzene rings is 1. The molecular formula is C16H18F3N5OS. The van der Waals surface area contributed by atoms with Crippen molar-refractivity contribution in [1.82, 2.24) is 20.2 Å². The predicted molar refractivity (Wildman–Crippen MR) is 90.8 cm³/mol. The zero-order valence-electron chi connectivity index (χ0n) is 14.0. The molecular weight excluding hydrogens is 367 g/mol. The molecule has 2 aromatic rings. The standard InChI is InChI=1S/C16H18F3N5OS/c1-9(26-15-23-22-14(24(15)20)16(17,18)19)13(25)21-12-8-4-6-10-5-2-3-7-11(10)12/h2-3,5,7,9,12H,4,6,8,20H2,1H3,(H,21,25)/t9-,12+/m0/s1. The van der Waals surface area contributed by atoms with E-state index in [9.17, 15) is 18.0 Å². The first kappa shape index (κ1) is 18.6. The average molecular weight is 385 g/mol. The lowest BCUT2D eigenvalue weighted by molar-refractivity contribution is -0.146. The Morgan fingerprint density at radius 3 is 2.81 bits per heavy atom. The number of nitrogens with one attached hydrogen (secondary N) is 1. The summed E-state index contributed by atoms with van der Waals surface area (Å²) in [7, 11) is 0. The van der Waals surface area contributed by atoms with Crippen LogP contribution in [0.15, 0.2) is 29.4 Å². The summed E-state index contributed by atoms with van der Waals surface area (Å²) in [5, 5.41) is 8.63.